The predicted octanol–water partition coefficient (Wildman–Crippen LogP) is 5.73. The van der Waals surface area contributed by atoms with Gasteiger partial charge in [0.25, 0.3) is 0 Å². The van der Waals surface area contributed by atoms with Gasteiger partial charge in [-0.25, -0.2) is 24.3 Å². The van der Waals surface area contributed by atoms with Crippen LogP contribution in [0.25, 0.3) is 22.4 Å². The topological polar surface area (TPSA) is 87.8 Å². The highest BCUT2D eigenvalue weighted by atomic mass is 19.4. The van der Waals surface area contributed by atoms with Crippen LogP contribution in [0.5, 0.6) is 5.88 Å². The standard InChI is InChI=1S/C26H24F4N6O2/c1-13-25(37-2)34-22-21(18-6-3-16(10-19(18)27)26(28,29)30)33-23(35-24(22)32-13)14-7-8-38-20(9-14)15-11-31-36(12-15)17-4-5-17/h3,6,10-12,14,17,20H,4-5,7-9H2,1-2H3/t14-,20+/m1/s1. The van der Waals surface area contributed by atoms with Crippen molar-refractivity contribution in [1.82, 2.24) is 29.7 Å². The first-order valence-corrected chi connectivity index (χ1v) is 12.3. The quantitative estimate of drug-likeness (QED) is 0.306. The molecule has 3 aromatic heterocycles. The number of nitrogens with zero attached hydrogens (tertiary/aromatic N) is 6. The Morgan fingerprint density at radius 2 is 1.89 bits per heavy atom. The molecule has 2 fully saturated rings. The van der Waals surface area contributed by atoms with E-state index in [-0.39, 0.29) is 40.3 Å². The average molecular weight is 529 g/mol. The van der Waals surface area contributed by atoms with Gasteiger partial charge in [-0.05, 0) is 50.8 Å². The van der Waals surface area contributed by atoms with Crippen molar-refractivity contribution in [2.75, 3.05) is 13.7 Å². The van der Waals surface area contributed by atoms with Crippen LogP contribution in [0, 0.1) is 12.7 Å². The molecule has 198 valence electrons. The van der Waals surface area contributed by atoms with Crippen molar-refractivity contribution in [1.29, 1.82) is 0 Å². The zero-order valence-corrected chi connectivity index (χ0v) is 20.7. The molecule has 1 saturated carbocycles. The first-order valence-electron chi connectivity index (χ1n) is 12.3. The molecular formula is C26H24F4N6O2. The molecule has 0 bridgehead atoms. The van der Waals surface area contributed by atoms with Crippen molar-refractivity contribution < 1.29 is 27.0 Å². The van der Waals surface area contributed by atoms with E-state index < -0.39 is 17.6 Å². The lowest BCUT2D eigenvalue weighted by Crippen LogP contribution is -2.20. The Balaban J connectivity index is 1.42. The van der Waals surface area contributed by atoms with E-state index in [0.717, 1.165) is 30.5 Å². The first kappa shape index (κ1) is 24.7. The molecular weight excluding hydrogens is 504 g/mol. The fourth-order valence-corrected chi connectivity index (χ4v) is 4.80. The third-order valence-electron chi connectivity index (χ3n) is 6.99. The number of methoxy groups -OCH3 is 1. The first-order chi connectivity index (χ1) is 18.2. The van der Waals surface area contributed by atoms with Crippen LogP contribution >= 0.6 is 0 Å². The summed E-state index contributed by atoms with van der Waals surface area (Å²) in [5.74, 6) is -0.609. The molecule has 6 rings (SSSR count). The Morgan fingerprint density at radius 3 is 2.61 bits per heavy atom. The molecule has 0 amide bonds. The van der Waals surface area contributed by atoms with Crippen LogP contribution in [-0.4, -0.2) is 43.4 Å². The molecule has 1 aromatic carbocycles. The highest BCUT2D eigenvalue weighted by molar-refractivity contribution is 5.87. The number of benzene rings is 1. The Labute approximate surface area is 215 Å². The predicted molar refractivity (Wildman–Crippen MR) is 128 cm³/mol. The van der Waals surface area contributed by atoms with Crippen LogP contribution in [0.3, 0.4) is 0 Å². The number of aryl methyl sites for hydroxylation is 1. The van der Waals surface area contributed by atoms with Gasteiger partial charge in [0.1, 0.15) is 28.5 Å². The summed E-state index contributed by atoms with van der Waals surface area (Å²) in [4.78, 5) is 18.2. The molecule has 1 aliphatic heterocycles. The maximum atomic E-state index is 15.1. The van der Waals surface area contributed by atoms with E-state index in [1.807, 2.05) is 17.1 Å². The van der Waals surface area contributed by atoms with Crippen LogP contribution in [0.2, 0.25) is 0 Å². The number of ether oxygens (including phenoxy) is 2. The van der Waals surface area contributed by atoms with E-state index >= 15 is 4.39 Å². The summed E-state index contributed by atoms with van der Waals surface area (Å²) in [5, 5.41) is 4.46. The van der Waals surface area contributed by atoms with E-state index in [1.165, 1.54) is 7.11 Å². The number of alkyl halides is 3. The molecule has 4 aromatic rings. The molecule has 1 saturated heterocycles. The van der Waals surface area contributed by atoms with Gasteiger partial charge in [0.05, 0.1) is 31.0 Å². The van der Waals surface area contributed by atoms with Gasteiger partial charge in [0.15, 0.2) is 5.65 Å². The summed E-state index contributed by atoms with van der Waals surface area (Å²) in [5.41, 5.74) is 0.651. The number of hydrogen-bond donors (Lipinski definition) is 0. The van der Waals surface area contributed by atoms with Gasteiger partial charge in [0.2, 0.25) is 5.88 Å². The monoisotopic (exact) mass is 528 g/mol. The van der Waals surface area contributed by atoms with Gasteiger partial charge in [-0.15, -0.1) is 0 Å². The minimum Gasteiger partial charge on any atom is -0.480 e. The summed E-state index contributed by atoms with van der Waals surface area (Å²) in [6.45, 7) is 2.16. The molecule has 38 heavy (non-hydrogen) atoms. The lowest BCUT2D eigenvalue weighted by Gasteiger charge is -2.28. The second-order valence-corrected chi connectivity index (χ2v) is 9.68. The van der Waals surface area contributed by atoms with Crippen molar-refractivity contribution in [2.45, 2.75) is 56.8 Å². The Kier molecular flexibility index (Phi) is 6.01. The largest absolute Gasteiger partial charge is 0.480 e. The van der Waals surface area contributed by atoms with Crippen molar-refractivity contribution in [2.24, 2.45) is 0 Å². The molecule has 12 heteroatoms. The second-order valence-electron chi connectivity index (χ2n) is 9.68. The van der Waals surface area contributed by atoms with E-state index in [4.69, 9.17) is 9.47 Å². The van der Waals surface area contributed by atoms with E-state index in [0.29, 0.717) is 43.1 Å². The molecule has 0 spiro atoms. The van der Waals surface area contributed by atoms with Gasteiger partial charge in [-0.2, -0.15) is 18.3 Å². The third-order valence-corrected chi connectivity index (χ3v) is 6.99. The van der Waals surface area contributed by atoms with Crippen molar-refractivity contribution in [3.05, 3.63) is 59.1 Å². The molecule has 0 radical (unpaired) electrons. The summed E-state index contributed by atoms with van der Waals surface area (Å²) in [6.07, 6.45) is 2.37. The van der Waals surface area contributed by atoms with Crippen LogP contribution in [0.15, 0.2) is 30.6 Å². The van der Waals surface area contributed by atoms with E-state index in [2.05, 4.69) is 25.0 Å². The molecule has 8 nitrogen and oxygen atoms in total. The molecule has 1 aliphatic carbocycles. The summed E-state index contributed by atoms with van der Waals surface area (Å²) in [6, 6.07) is 2.81. The molecule has 0 N–H and O–H groups in total. The number of aromatic nitrogens is 6. The van der Waals surface area contributed by atoms with Gasteiger partial charge in [0, 0.05) is 29.8 Å². The zero-order valence-electron chi connectivity index (χ0n) is 20.7. The number of rotatable bonds is 5. The smallest absolute Gasteiger partial charge is 0.416 e. The fourth-order valence-electron chi connectivity index (χ4n) is 4.80. The maximum Gasteiger partial charge on any atom is 0.416 e. The number of fused-ring (bicyclic) bond motifs is 1. The number of hydrogen-bond acceptors (Lipinski definition) is 7. The fraction of sp³-hybridized carbons (Fsp3) is 0.423. The Morgan fingerprint density at radius 1 is 1.08 bits per heavy atom. The minimum absolute atomic E-state index is 0.0617. The van der Waals surface area contributed by atoms with Crippen LogP contribution in [0.4, 0.5) is 17.6 Å². The molecule has 0 unspecified atom stereocenters. The van der Waals surface area contributed by atoms with Crippen molar-refractivity contribution in [3.63, 3.8) is 0 Å². The van der Waals surface area contributed by atoms with Crippen LogP contribution in [0.1, 0.15) is 66.4 Å². The second kappa shape index (κ2) is 9.26. The van der Waals surface area contributed by atoms with Crippen LogP contribution < -0.4 is 4.74 Å². The summed E-state index contributed by atoms with van der Waals surface area (Å²) >= 11 is 0. The Bertz CT molecular complexity index is 1520. The molecule has 2 aliphatic rings. The van der Waals surface area contributed by atoms with E-state index in [1.54, 1.807) is 6.92 Å². The zero-order chi connectivity index (χ0) is 26.6. The van der Waals surface area contributed by atoms with Gasteiger partial charge < -0.3 is 9.47 Å². The van der Waals surface area contributed by atoms with Gasteiger partial charge >= 0.3 is 6.18 Å². The normalized spacial score (nSPS) is 20.2. The highest BCUT2D eigenvalue weighted by Gasteiger charge is 2.33. The Hall–Kier alpha value is -3.67. The van der Waals surface area contributed by atoms with Crippen LogP contribution in [-0.2, 0) is 10.9 Å². The van der Waals surface area contributed by atoms with Gasteiger partial charge in [-0.3, -0.25) is 4.68 Å². The highest BCUT2D eigenvalue weighted by Crippen LogP contribution is 2.40. The molecule has 4 heterocycles. The number of halogens is 4. The SMILES string of the molecule is COc1nc2c(-c3ccc(C(F)(F)F)cc3F)nc([C@@H]3CCO[C@H](c4cnn(C5CC5)c4)C3)nc2nc1C. The molecule has 2 atom stereocenters. The van der Waals surface area contributed by atoms with Crippen molar-refractivity contribution >= 4 is 11.2 Å². The average Bonchev–Trinajstić information content (AvgIpc) is 3.63. The summed E-state index contributed by atoms with van der Waals surface area (Å²) in [7, 11) is 1.42. The minimum atomic E-state index is -4.68. The van der Waals surface area contributed by atoms with Gasteiger partial charge in [-0.1, -0.05) is 0 Å². The summed E-state index contributed by atoms with van der Waals surface area (Å²) < 4.78 is 67.9. The third kappa shape index (κ3) is 4.57. The lowest BCUT2D eigenvalue weighted by molar-refractivity contribution is -0.137. The lowest BCUT2D eigenvalue weighted by atomic mass is 9.92. The van der Waals surface area contributed by atoms with E-state index in [9.17, 15) is 13.2 Å². The maximum absolute atomic E-state index is 15.1. The van der Waals surface area contributed by atoms with Crippen molar-refractivity contribution in [3.8, 4) is 17.1 Å².